The summed E-state index contributed by atoms with van der Waals surface area (Å²) in [6.07, 6.45) is 6.94. The molecule has 1 aliphatic carbocycles. The summed E-state index contributed by atoms with van der Waals surface area (Å²) in [5, 5.41) is 3.10. The first kappa shape index (κ1) is 12.8. The van der Waals surface area contributed by atoms with E-state index in [0.717, 1.165) is 51.7 Å². The second kappa shape index (κ2) is 6.36. The molecule has 0 aromatic heterocycles. The normalized spacial score (nSPS) is 30.4. The molecule has 0 spiro atoms. The molecule has 0 radical (unpaired) electrons. The molecule has 4 heteroatoms. The Morgan fingerprint density at radius 1 is 1.24 bits per heavy atom. The van der Waals surface area contributed by atoms with Crippen molar-refractivity contribution in [2.75, 3.05) is 13.2 Å². The maximum absolute atomic E-state index is 11.8. The van der Waals surface area contributed by atoms with Gasteiger partial charge in [-0.3, -0.25) is 4.79 Å². The first-order valence-corrected chi connectivity index (χ1v) is 6.86. The molecule has 2 fully saturated rings. The van der Waals surface area contributed by atoms with Crippen LogP contribution in [0.1, 0.15) is 44.9 Å². The van der Waals surface area contributed by atoms with Crippen LogP contribution in [0.15, 0.2) is 0 Å². The van der Waals surface area contributed by atoms with E-state index in [-0.39, 0.29) is 11.9 Å². The van der Waals surface area contributed by atoms with Crippen molar-refractivity contribution < 1.29 is 9.53 Å². The van der Waals surface area contributed by atoms with Crippen LogP contribution < -0.4 is 11.1 Å². The number of carbonyl (C=O) groups excluding carboxylic acids is 1. The Kier molecular flexibility index (Phi) is 4.80. The van der Waals surface area contributed by atoms with Gasteiger partial charge in [0.2, 0.25) is 5.91 Å². The number of hydrogen-bond acceptors (Lipinski definition) is 3. The van der Waals surface area contributed by atoms with Gasteiger partial charge in [-0.1, -0.05) is 0 Å². The first-order chi connectivity index (χ1) is 8.24. The number of rotatable bonds is 4. The Bertz CT molecular complexity index is 252. The molecule has 2 atom stereocenters. The molecule has 1 heterocycles. The van der Waals surface area contributed by atoms with Crippen molar-refractivity contribution in [2.24, 2.45) is 11.7 Å². The number of nitrogens with two attached hydrogens (primary N) is 1. The predicted octanol–water partition coefficient (Wildman–Crippen LogP) is 1.19. The molecule has 1 saturated heterocycles. The molecule has 1 amide bonds. The van der Waals surface area contributed by atoms with E-state index in [4.69, 9.17) is 10.5 Å². The van der Waals surface area contributed by atoms with Crippen LogP contribution in [0.2, 0.25) is 0 Å². The van der Waals surface area contributed by atoms with Crippen molar-refractivity contribution in [2.45, 2.75) is 57.0 Å². The van der Waals surface area contributed by atoms with E-state index in [1.165, 1.54) is 0 Å². The molecule has 0 bridgehead atoms. The van der Waals surface area contributed by atoms with Gasteiger partial charge < -0.3 is 15.8 Å². The average Bonchev–Trinajstić information content (AvgIpc) is 2.73. The lowest BCUT2D eigenvalue weighted by atomic mass is 9.95. The molecule has 3 N–H and O–H groups in total. The minimum atomic E-state index is 0.204. The third kappa shape index (κ3) is 4.28. The van der Waals surface area contributed by atoms with Gasteiger partial charge in [0, 0.05) is 31.7 Å². The maximum Gasteiger partial charge on any atom is 0.220 e. The van der Waals surface area contributed by atoms with Crippen LogP contribution in [0.3, 0.4) is 0 Å². The SMILES string of the molecule is NC1CCC(NC(=O)CCC2CCOCC2)C1. The van der Waals surface area contributed by atoms with Crippen molar-refractivity contribution in [3.05, 3.63) is 0 Å². The number of nitrogens with one attached hydrogen (secondary N) is 1. The quantitative estimate of drug-likeness (QED) is 0.776. The Morgan fingerprint density at radius 2 is 2.00 bits per heavy atom. The van der Waals surface area contributed by atoms with Crippen molar-refractivity contribution in [3.63, 3.8) is 0 Å². The van der Waals surface area contributed by atoms with Crippen LogP contribution in [0.25, 0.3) is 0 Å². The van der Waals surface area contributed by atoms with E-state index in [0.29, 0.717) is 18.4 Å². The van der Waals surface area contributed by atoms with Gasteiger partial charge >= 0.3 is 0 Å². The van der Waals surface area contributed by atoms with Crippen LogP contribution in [0.5, 0.6) is 0 Å². The molecule has 2 unspecified atom stereocenters. The van der Waals surface area contributed by atoms with Crippen molar-refractivity contribution >= 4 is 5.91 Å². The van der Waals surface area contributed by atoms with E-state index in [2.05, 4.69) is 5.32 Å². The molecular weight excluding hydrogens is 216 g/mol. The lowest BCUT2D eigenvalue weighted by Crippen LogP contribution is -2.34. The third-order valence-electron chi connectivity index (χ3n) is 3.96. The zero-order valence-electron chi connectivity index (χ0n) is 10.5. The van der Waals surface area contributed by atoms with Gasteiger partial charge in [-0.2, -0.15) is 0 Å². The standard InChI is InChI=1S/C13H24N2O2/c14-11-2-3-12(9-11)15-13(16)4-1-10-5-7-17-8-6-10/h10-12H,1-9,14H2,(H,15,16). The summed E-state index contributed by atoms with van der Waals surface area (Å²) >= 11 is 0. The zero-order chi connectivity index (χ0) is 12.1. The number of ether oxygens (including phenoxy) is 1. The van der Waals surface area contributed by atoms with Crippen LogP contribution in [0.4, 0.5) is 0 Å². The van der Waals surface area contributed by atoms with E-state index in [1.807, 2.05) is 0 Å². The largest absolute Gasteiger partial charge is 0.381 e. The highest BCUT2D eigenvalue weighted by atomic mass is 16.5. The number of amides is 1. The van der Waals surface area contributed by atoms with Crippen LogP contribution >= 0.6 is 0 Å². The molecule has 1 saturated carbocycles. The topological polar surface area (TPSA) is 64.3 Å². The molecule has 4 nitrogen and oxygen atoms in total. The lowest BCUT2D eigenvalue weighted by Gasteiger charge is -2.22. The highest BCUT2D eigenvalue weighted by Crippen LogP contribution is 2.21. The molecule has 17 heavy (non-hydrogen) atoms. The Hall–Kier alpha value is -0.610. The van der Waals surface area contributed by atoms with Gasteiger partial charge in [-0.05, 0) is 44.4 Å². The maximum atomic E-state index is 11.8. The van der Waals surface area contributed by atoms with Crippen molar-refractivity contribution in [1.29, 1.82) is 0 Å². The van der Waals surface area contributed by atoms with Crippen molar-refractivity contribution in [1.82, 2.24) is 5.32 Å². The average molecular weight is 240 g/mol. The van der Waals surface area contributed by atoms with Gasteiger partial charge in [0.25, 0.3) is 0 Å². The molecule has 0 aromatic carbocycles. The fourth-order valence-corrected chi connectivity index (χ4v) is 2.82. The van der Waals surface area contributed by atoms with E-state index in [1.54, 1.807) is 0 Å². The van der Waals surface area contributed by atoms with Crippen LogP contribution in [-0.4, -0.2) is 31.2 Å². The number of carbonyl (C=O) groups is 1. The Balaban J connectivity index is 1.60. The highest BCUT2D eigenvalue weighted by molar-refractivity contribution is 5.76. The first-order valence-electron chi connectivity index (χ1n) is 6.86. The predicted molar refractivity (Wildman–Crippen MR) is 66.5 cm³/mol. The van der Waals surface area contributed by atoms with E-state index >= 15 is 0 Å². The summed E-state index contributed by atoms with van der Waals surface area (Å²) in [4.78, 5) is 11.8. The Labute approximate surface area is 103 Å². The molecule has 98 valence electrons. The van der Waals surface area contributed by atoms with Gasteiger partial charge in [-0.25, -0.2) is 0 Å². The highest BCUT2D eigenvalue weighted by Gasteiger charge is 2.23. The summed E-state index contributed by atoms with van der Waals surface area (Å²) in [5.41, 5.74) is 5.83. The van der Waals surface area contributed by atoms with Gasteiger partial charge in [0.05, 0.1) is 0 Å². The lowest BCUT2D eigenvalue weighted by molar-refractivity contribution is -0.122. The summed E-state index contributed by atoms with van der Waals surface area (Å²) in [6, 6.07) is 0.614. The third-order valence-corrected chi connectivity index (χ3v) is 3.96. The molecular formula is C13H24N2O2. The monoisotopic (exact) mass is 240 g/mol. The fraction of sp³-hybridized carbons (Fsp3) is 0.923. The molecule has 2 rings (SSSR count). The van der Waals surface area contributed by atoms with E-state index in [9.17, 15) is 4.79 Å². The minimum absolute atomic E-state index is 0.204. The van der Waals surface area contributed by atoms with Crippen LogP contribution in [0, 0.1) is 5.92 Å². The molecule has 1 aliphatic heterocycles. The van der Waals surface area contributed by atoms with Crippen molar-refractivity contribution in [3.8, 4) is 0 Å². The second-order valence-corrected chi connectivity index (χ2v) is 5.43. The summed E-state index contributed by atoms with van der Waals surface area (Å²) in [6.45, 7) is 1.73. The van der Waals surface area contributed by atoms with Gasteiger partial charge in [0.1, 0.15) is 0 Å². The summed E-state index contributed by atoms with van der Waals surface area (Å²) < 4.78 is 5.31. The van der Waals surface area contributed by atoms with Gasteiger partial charge in [0.15, 0.2) is 0 Å². The molecule has 2 aliphatic rings. The number of hydrogen-bond donors (Lipinski definition) is 2. The summed E-state index contributed by atoms with van der Waals surface area (Å²) in [5.74, 6) is 0.885. The molecule has 0 aromatic rings. The van der Waals surface area contributed by atoms with E-state index < -0.39 is 0 Å². The van der Waals surface area contributed by atoms with Crippen LogP contribution in [-0.2, 0) is 9.53 Å². The second-order valence-electron chi connectivity index (χ2n) is 5.43. The fourth-order valence-electron chi connectivity index (χ4n) is 2.82. The summed E-state index contributed by atoms with van der Waals surface area (Å²) in [7, 11) is 0. The zero-order valence-corrected chi connectivity index (χ0v) is 10.5. The smallest absolute Gasteiger partial charge is 0.220 e. The minimum Gasteiger partial charge on any atom is -0.381 e. The Morgan fingerprint density at radius 3 is 2.65 bits per heavy atom. The van der Waals surface area contributed by atoms with Gasteiger partial charge in [-0.15, -0.1) is 0 Å².